The summed E-state index contributed by atoms with van der Waals surface area (Å²) >= 11 is 0. The van der Waals surface area contributed by atoms with Crippen LogP contribution in [0.25, 0.3) is 0 Å². The Bertz CT molecular complexity index is 372. The lowest BCUT2D eigenvalue weighted by Crippen LogP contribution is -2.54. The van der Waals surface area contributed by atoms with Gasteiger partial charge < -0.3 is 16.0 Å². The molecular weight excluding hydrogens is 254 g/mol. The summed E-state index contributed by atoms with van der Waals surface area (Å²) in [5.74, 6) is 0.0745. The number of hydrogen-bond acceptors (Lipinski definition) is 3. The van der Waals surface area contributed by atoms with E-state index in [-0.39, 0.29) is 23.3 Å². The second kappa shape index (κ2) is 6.12. The molecule has 0 bridgehead atoms. The average Bonchev–Trinajstić information content (AvgIpc) is 2.31. The van der Waals surface area contributed by atoms with Crippen LogP contribution < -0.4 is 11.1 Å². The summed E-state index contributed by atoms with van der Waals surface area (Å²) in [6, 6.07) is 0.146. The number of hydrogen-bond donors (Lipinski definition) is 2. The fourth-order valence-electron chi connectivity index (χ4n) is 2.29. The summed E-state index contributed by atoms with van der Waals surface area (Å²) < 4.78 is 0. The van der Waals surface area contributed by atoms with Crippen molar-refractivity contribution in [1.29, 1.82) is 0 Å². The summed E-state index contributed by atoms with van der Waals surface area (Å²) in [6.07, 6.45) is 1.19. The van der Waals surface area contributed by atoms with Gasteiger partial charge in [-0.2, -0.15) is 0 Å². The number of nitrogens with one attached hydrogen (secondary N) is 1. The van der Waals surface area contributed by atoms with E-state index < -0.39 is 5.41 Å². The maximum absolute atomic E-state index is 12.2. The van der Waals surface area contributed by atoms with Crippen LogP contribution in [0.5, 0.6) is 0 Å². The monoisotopic (exact) mass is 283 g/mol. The van der Waals surface area contributed by atoms with Crippen LogP contribution >= 0.6 is 0 Å². The highest BCUT2D eigenvalue weighted by Crippen LogP contribution is 2.27. The van der Waals surface area contributed by atoms with Crippen molar-refractivity contribution in [2.45, 2.75) is 53.5 Å². The topological polar surface area (TPSA) is 75.4 Å². The molecule has 1 aliphatic rings. The fraction of sp³-hybridized carbons (Fsp3) is 0.867. The van der Waals surface area contributed by atoms with E-state index in [4.69, 9.17) is 5.73 Å². The van der Waals surface area contributed by atoms with E-state index in [0.717, 1.165) is 13.0 Å². The lowest BCUT2D eigenvalue weighted by atomic mass is 9.79. The zero-order valence-electron chi connectivity index (χ0n) is 13.5. The van der Waals surface area contributed by atoms with Gasteiger partial charge in [0.25, 0.3) is 0 Å². The predicted molar refractivity (Wildman–Crippen MR) is 80.0 cm³/mol. The molecule has 1 heterocycles. The number of carbonyl (C=O) groups excluding carboxylic acids is 2. The highest BCUT2D eigenvalue weighted by atomic mass is 16.2. The molecule has 0 aliphatic carbocycles. The molecule has 5 nitrogen and oxygen atoms in total. The lowest BCUT2D eigenvalue weighted by Gasteiger charge is -2.42. The van der Waals surface area contributed by atoms with Crippen LogP contribution in [0.3, 0.4) is 0 Å². The number of likely N-dealkylation sites (tertiary alicyclic amines) is 1. The molecule has 0 saturated carbocycles. The van der Waals surface area contributed by atoms with Crippen LogP contribution in [0.4, 0.5) is 0 Å². The van der Waals surface area contributed by atoms with Gasteiger partial charge in [0.2, 0.25) is 11.8 Å². The Morgan fingerprint density at radius 3 is 2.45 bits per heavy atom. The van der Waals surface area contributed by atoms with Crippen LogP contribution in [0.2, 0.25) is 0 Å². The third-order valence-electron chi connectivity index (χ3n) is 3.97. The standard InChI is InChI=1S/C15H29N3O2/c1-14(2,3)13(20)17-8-6-12(19)18-9-7-11(16)15(4,5)10-18/h11H,6-10,16H2,1-5H3,(H,17,20). The minimum absolute atomic E-state index is 0.0219. The number of nitrogens with two attached hydrogens (primary N) is 1. The lowest BCUT2D eigenvalue weighted by molar-refractivity contribution is -0.134. The summed E-state index contributed by atoms with van der Waals surface area (Å²) in [6.45, 7) is 11.6. The SMILES string of the molecule is CC(C)(C)C(=O)NCCC(=O)N1CCC(N)C(C)(C)C1. The zero-order chi connectivity index (χ0) is 15.6. The molecule has 1 saturated heterocycles. The van der Waals surface area contributed by atoms with Gasteiger partial charge in [-0.3, -0.25) is 9.59 Å². The predicted octanol–water partition coefficient (Wildman–Crippen LogP) is 1.12. The summed E-state index contributed by atoms with van der Waals surface area (Å²) in [4.78, 5) is 25.7. The molecule has 0 spiro atoms. The average molecular weight is 283 g/mol. The highest BCUT2D eigenvalue weighted by Gasteiger charge is 2.35. The van der Waals surface area contributed by atoms with E-state index in [1.807, 2.05) is 25.7 Å². The summed E-state index contributed by atoms with van der Waals surface area (Å²) in [7, 11) is 0. The van der Waals surface area contributed by atoms with Crippen LogP contribution in [0.1, 0.15) is 47.5 Å². The molecule has 1 aliphatic heterocycles. The van der Waals surface area contributed by atoms with Crippen LogP contribution in [-0.2, 0) is 9.59 Å². The Hall–Kier alpha value is -1.10. The van der Waals surface area contributed by atoms with Gasteiger partial charge in [0.15, 0.2) is 0 Å². The molecule has 116 valence electrons. The minimum atomic E-state index is -0.414. The molecule has 2 amide bonds. The van der Waals surface area contributed by atoms with Gasteiger partial charge in [-0.15, -0.1) is 0 Å². The van der Waals surface area contributed by atoms with Gasteiger partial charge in [-0.25, -0.2) is 0 Å². The first-order valence-corrected chi connectivity index (χ1v) is 7.36. The maximum atomic E-state index is 12.2. The second-order valence-corrected chi connectivity index (χ2v) is 7.45. The Labute approximate surface area is 122 Å². The van der Waals surface area contributed by atoms with Gasteiger partial charge in [0.05, 0.1) is 0 Å². The zero-order valence-corrected chi connectivity index (χ0v) is 13.5. The molecule has 1 fully saturated rings. The first-order chi connectivity index (χ1) is 9.04. The van der Waals surface area contributed by atoms with Gasteiger partial charge >= 0.3 is 0 Å². The van der Waals surface area contributed by atoms with Crippen LogP contribution in [0, 0.1) is 10.8 Å². The molecule has 0 aromatic rings. The quantitative estimate of drug-likeness (QED) is 0.815. The van der Waals surface area contributed by atoms with Crippen molar-refractivity contribution in [1.82, 2.24) is 10.2 Å². The van der Waals surface area contributed by atoms with Gasteiger partial charge in [-0.05, 0) is 11.8 Å². The molecule has 1 rings (SSSR count). The molecule has 1 unspecified atom stereocenters. The van der Waals surface area contributed by atoms with Crippen molar-refractivity contribution in [3.8, 4) is 0 Å². The van der Waals surface area contributed by atoms with Crippen molar-refractivity contribution >= 4 is 11.8 Å². The Morgan fingerprint density at radius 2 is 1.95 bits per heavy atom. The van der Waals surface area contributed by atoms with E-state index >= 15 is 0 Å². The minimum Gasteiger partial charge on any atom is -0.355 e. The molecule has 0 aromatic heterocycles. The van der Waals surface area contributed by atoms with Crippen LogP contribution in [0.15, 0.2) is 0 Å². The van der Waals surface area contributed by atoms with E-state index in [2.05, 4.69) is 19.2 Å². The van der Waals surface area contributed by atoms with Gasteiger partial charge in [0, 0.05) is 37.5 Å². The Morgan fingerprint density at radius 1 is 1.35 bits per heavy atom. The maximum Gasteiger partial charge on any atom is 0.225 e. The third kappa shape index (κ3) is 4.47. The number of piperidine rings is 1. The van der Waals surface area contributed by atoms with E-state index in [1.54, 1.807) is 0 Å². The van der Waals surface area contributed by atoms with Crippen molar-refractivity contribution < 1.29 is 9.59 Å². The van der Waals surface area contributed by atoms with Crippen molar-refractivity contribution in [3.05, 3.63) is 0 Å². The number of nitrogens with zero attached hydrogens (tertiary/aromatic N) is 1. The number of amides is 2. The Kier molecular flexibility index (Phi) is 5.19. The van der Waals surface area contributed by atoms with Crippen molar-refractivity contribution in [2.75, 3.05) is 19.6 Å². The van der Waals surface area contributed by atoms with Crippen LogP contribution in [-0.4, -0.2) is 42.4 Å². The molecule has 1 atom stereocenters. The largest absolute Gasteiger partial charge is 0.355 e. The first-order valence-electron chi connectivity index (χ1n) is 7.36. The van der Waals surface area contributed by atoms with E-state index in [9.17, 15) is 9.59 Å². The molecular formula is C15H29N3O2. The normalized spacial score (nSPS) is 22.5. The molecule has 5 heteroatoms. The summed E-state index contributed by atoms with van der Waals surface area (Å²) in [5.41, 5.74) is 5.61. The highest BCUT2D eigenvalue weighted by molar-refractivity contribution is 5.82. The molecule has 0 aromatic carbocycles. The number of carbonyl (C=O) groups is 2. The van der Waals surface area contributed by atoms with Crippen molar-refractivity contribution in [3.63, 3.8) is 0 Å². The third-order valence-corrected chi connectivity index (χ3v) is 3.97. The Balaban J connectivity index is 2.39. The van der Waals surface area contributed by atoms with Gasteiger partial charge in [0.1, 0.15) is 0 Å². The molecule has 0 radical (unpaired) electrons. The molecule has 20 heavy (non-hydrogen) atoms. The summed E-state index contributed by atoms with van der Waals surface area (Å²) in [5, 5.41) is 2.81. The number of rotatable bonds is 3. The second-order valence-electron chi connectivity index (χ2n) is 7.45. The van der Waals surface area contributed by atoms with E-state index in [1.165, 1.54) is 0 Å². The van der Waals surface area contributed by atoms with E-state index in [0.29, 0.717) is 19.5 Å². The van der Waals surface area contributed by atoms with Crippen molar-refractivity contribution in [2.24, 2.45) is 16.6 Å². The molecule has 3 N–H and O–H groups in total. The van der Waals surface area contributed by atoms with Gasteiger partial charge in [-0.1, -0.05) is 34.6 Å². The fourth-order valence-corrected chi connectivity index (χ4v) is 2.29. The smallest absolute Gasteiger partial charge is 0.225 e. The first kappa shape index (κ1) is 17.0.